The molecular formula is C14H24FN3O2S. The molecule has 0 atom stereocenters. The summed E-state index contributed by atoms with van der Waals surface area (Å²) < 4.78 is 41.4. The van der Waals surface area contributed by atoms with E-state index in [0.717, 1.165) is 25.9 Å². The third-order valence-corrected chi connectivity index (χ3v) is 4.65. The van der Waals surface area contributed by atoms with Crippen LogP contribution >= 0.6 is 0 Å². The maximum atomic E-state index is 13.4. The molecule has 21 heavy (non-hydrogen) atoms. The van der Waals surface area contributed by atoms with Gasteiger partial charge in [0, 0.05) is 19.2 Å². The number of hydrogen-bond acceptors (Lipinski definition) is 3. The van der Waals surface area contributed by atoms with E-state index in [4.69, 9.17) is 0 Å². The summed E-state index contributed by atoms with van der Waals surface area (Å²) in [4.78, 5) is 0. The number of hydrogen-bond donors (Lipinski definition) is 2. The van der Waals surface area contributed by atoms with E-state index < -0.39 is 16.0 Å². The molecule has 7 heteroatoms. The van der Waals surface area contributed by atoms with Gasteiger partial charge in [-0.05, 0) is 45.0 Å². The summed E-state index contributed by atoms with van der Waals surface area (Å²) in [6.45, 7) is 5.72. The lowest BCUT2D eigenvalue weighted by molar-refractivity contribution is 0.458. The molecule has 120 valence electrons. The van der Waals surface area contributed by atoms with Crippen molar-refractivity contribution in [2.24, 2.45) is 0 Å². The molecule has 0 aromatic heterocycles. The number of benzene rings is 1. The van der Waals surface area contributed by atoms with Crippen LogP contribution in [-0.2, 0) is 10.2 Å². The standard InChI is InChI=1S/C14H24FN3O2S/c1-4-9-16-10-6-11-18(3)21(19,20)17-14-8-5-7-13(15)12(14)2/h5,7-8,16-17H,4,6,9-11H2,1-3H3. The smallest absolute Gasteiger partial charge is 0.301 e. The van der Waals surface area contributed by atoms with E-state index in [1.807, 2.05) is 0 Å². The molecule has 0 bridgehead atoms. The molecule has 1 aromatic rings. The minimum absolute atomic E-state index is 0.269. The minimum Gasteiger partial charge on any atom is -0.317 e. The van der Waals surface area contributed by atoms with Gasteiger partial charge in [0.1, 0.15) is 5.82 Å². The summed E-state index contributed by atoms with van der Waals surface area (Å²) >= 11 is 0. The summed E-state index contributed by atoms with van der Waals surface area (Å²) in [5, 5.41) is 3.22. The van der Waals surface area contributed by atoms with E-state index in [1.165, 1.54) is 23.5 Å². The Morgan fingerprint density at radius 1 is 1.29 bits per heavy atom. The highest BCUT2D eigenvalue weighted by Crippen LogP contribution is 2.19. The second-order valence-electron chi connectivity index (χ2n) is 4.94. The van der Waals surface area contributed by atoms with Crippen molar-refractivity contribution < 1.29 is 12.8 Å². The fourth-order valence-corrected chi connectivity index (χ4v) is 2.81. The lowest BCUT2D eigenvalue weighted by Gasteiger charge is -2.19. The van der Waals surface area contributed by atoms with Crippen molar-refractivity contribution in [1.82, 2.24) is 9.62 Å². The Hall–Kier alpha value is -1.18. The molecule has 0 aliphatic rings. The molecule has 0 saturated carbocycles. The summed E-state index contributed by atoms with van der Waals surface area (Å²) in [6, 6.07) is 4.33. The second-order valence-corrected chi connectivity index (χ2v) is 6.72. The average Bonchev–Trinajstić information content (AvgIpc) is 2.43. The molecule has 0 amide bonds. The molecule has 1 rings (SSSR count). The SMILES string of the molecule is CCCNCCCN(C)S(=O)(=O)Nc1cccc(F)c1C. The molecule has 0 heterocycles. The van der Waals surface area contributed by atoms with Crippen molar-refractivity contribution in [3.63, 3.8) is 0 Å². The predicted octanol–water partition coefficient (Wildman–Crippen LogP) is 2.11. The topological polar surface area (TPSA) is 61.4 Å². The third kappa shape index (κ3) is 5.61. The molecule has 0 aliphatic heterocycles. The summed E-state index contributed by atoms with van der Waals surface area (Å²) in [7, 11) is -2.15. The fraction of sp³-hybridized carbons (Fsp3) is 0.571. The van der Waals surface area contributed by atoms with E-state index in [2.05, 4.69) is 17.0 Å². The van der Waals surface area contributed by atoms with Crippen molar-refractivity contribution >= 4 is 15.9 Å². The Morgan fingerprint density at radius 3 is 2.67 bits per heavy atom. The Labute approximate surface area is 126 Å². The van der Waals surface area contributed by atoms with E-state index in [0.29, 0.717) is 12.1 Å². The lowest BCUT2D eigenvalue weighted by atomic mass is 10.2. The van der Waals surface area contributed by atoms with Crippen LogP contribution in [0.25, 0.3) is 0 Å². The summed E-state index contributed by atoms with van der Waals surface area (Å²) in [6.07, 6.45) is 1.77. The monoisotopic (exact) mass is 317 g/mol. The highest BCUT2D eigenvalue weighted by Gasteiger charge is 2.18. The van der Waals surface area contributed by atoms with Gasteiger partial charge < -0.3 is 5.32 Å². The van der Waals surface area contributed by atoms with Crippen molar-refractivity contribution in [3.05, 3.63) is 29.6 Å². The minimum atomic E-state index is -3.66. The highest BCUT2D eigenvalue weighted by atomic mass is 32.2. The van der Waals surface area contributed by atoms with Crippen molar-refractivity contribution in [2.45, 2.75) is 26.7 Å². The van der Waals surface area contributed by atoms with Crippen molar-refractivity contribution in [1.29, 1.82) is 0 Å². The number of rotatable bonds is 9. The van der Waals surface area contributed by atoms with E-state index >= 15 is 0 Å². The van der Waals surface area contributed by atoms with E-state index in [-0.39, 0.29) is 5.69 Å². The average molecular weight is 317 g/mol. The summed E-state index contributed by atoms with van der Waals surface area (Å²) in [5.41, 5.74) is 0.560. The fourth-order valence-electron chi connectivity index (χ4n) is 1.78. The van der Waals surface area contributed by atoms with Gasteiger partial charge in [-0.3, -0.25) is 4.72 Å². The Morgan fingerprint density at radius 2 is 2.00 bits per heavy atom. The predicted molar refractivity (Wildman–Crippen MR) is 84.1 cm³/mol. The molecule has 5 nitrogen and oxygen atoms in total. The van der Waals surface area contributed by atoms with Gasteiger partial charge in [-0.15, -0.1) is 0 Å². The van der Waals surface area contributed by atoms with Crippen LogP contribution in [0.4, 0.5) is 10.1 Å². The van der Waals surface area contributed by atoms with Gasteiger partial charge in [0.2, 0.25) is 0 Å². The first-order chi connectivity index (χ1) is 9.88. The number of nitrogens with one attached hydrogen (secondary N) is 2. The lowest BCUT2D eigenvalue weighted by Crippen LogP contribution is -2.34. The number of anilines is 1. The zero-order valence-electron chi connectivity index (χ0n) is 12.8. The van der Waals surface area contributed by atoms with Crippen LogP contribution in [0.2, 0.25) is 0 Å². The van der Waals surface area contributed by atoms with Crippen molar-refractivity contribution in [2.75, 3.05) is 31.4 Å². The van der Waals surface area contributed by atoms with Crippen LogP contribution in [0, 0.1) is 12.7 Å². The van der Waals surface area contributed by atoms with Gasteiger partial charge in [-0.2, -0.15) is 12.7 Å². The molecule has 0 fully saturated rings. The normalized spacial score (nSPS) is 11.9. The van der Waals surface area contributed by atoms with Crippen LogP contribution in [0.3, 0.4) is 0 Å². The maximum absolute atomic E-state index is 13.4. The van der Waals surface area contributed by atoms with Gasteiger partial charge in [0.05, 0.1) is 5.69 Å². The maximum Gasteiger partial charge on any atom is 0.301 e. The van der Waals surface area contributed by atoms with E-state index in [9.17, 15) is 12.8 Å². The van der Waals surface area contributed by atoms with Crippen LogP contribution < -0.4 is 10.0 Å². The first-order valence-electron chi connectivity index (χ1n) is 7.08. The number of nitrogens with zero attached hydrogens (tertiary/aromatic N) is 1. The Bertz CT molecular complexity index is 549. The van der Waals surface area contributed by atoms with Crippen molar-refractivity contribution in [3.8, 4) is 0 Å². The molecule has 2 N–H and O–H groups in total. The molecule has 0 radical (unpaired) electrons. The summed E-state index contributed by atoms with van der Waals surface area (Å²) in [5.74, 6) is -0.429. The first kappa shape index (κ1) is 17.9. The van der Waals surface area contributed by atoms with Crippen LogP contribution in [0.15, 0.2) is 18.2 Å². The van der Waals surface area contributed by atoms with Crippen LogP contribution in [-0.4, -0.2) is 39.4 Å². The Kier molecular flexibility index (Phi) is 7.07. The zero-order chi connectivity index (χ0) is 15.9. The highest BCUT2D eigenvalue weighted by molar-refractivity contribution is 7.90. The molecule has 0 unspecified atom stereocenters. The van der Waals surface area contributed by atoms with Gasteiger partial charge in [-0.1, -0.05) is 13.0 Å². The Balaban J connectivity index is 2.58. The largest absolute Gasteiger partial charge is 0.317 e. The third-order valence-electron chi connectivity index (χ3n) is 3.17. The van der Waals surface area contributed by atoms with Gasteiger partial charge in [-0.25, -0.2) is 4.39 Å². The van der Waals surface area contributed by atoms with Crippen LogP contribution in [0.5, 0.6) is 0 Å². The zero-order valence-corrected chi connectivity index (χ0v) is 13.6. The molecule has 1 aromatic carbocycles. The molecule has 0 saturated heterocycles. The number of halogens is 1. The molecule has 0 spiro atoms. The van der Waals surface area contributed by atoms with Gasteiger partial charge in [0.15, 0.2) is 0 Å². The quantitative estimate of drug-likeness (QED) is 0.686. The van der Waals surface area contributed by atoms with Crippen LogP contribution in [0.1, 0.15) is 25.3 Å². The molecule has 0 aliphatic carbocycles. The van der Waals surface area contributed by atoms with Gasteiger partial charge in [0.25, 0.3) is 0 Å². The second kappa shape index (κ2) is 8.31. The molecular weight excluding hydrogens is 293 g/mol. The first-order valence-corrected chi connectivity index (χ1v) is 8.52. The van der Waals surface area contributed by atoms with E-state index in [1.54, 1.807) is 13.0 Å². The van der Waals surface area contributed by atoms with Gasteiger partial charge >= 0.3 is 10.2 Å².